The number of para-hydroxylation sites is 1. The standard InChI is InChI=1S/C12H12N4O4S/c13-14-11-8-10(16(17)18)6-7-12(11)21(19,20)15-9-4-2-1-3-5-9/h1-8,14-15H,13H2. The molecule has 8 nitrogen and oxygen atoms in total. The summed E-state index contributed by atoms with van der Waals surface area (Å²) in [6.45, 7) is 0. The summed E-state index contributed by atoms with van der Waals surface area (Å²) < 4.78 is 26.9. The molecule has 2 aromatic carbocycles. The number of sulfonamides is 1. The number of anilines is 2. The molecule has 0 atom stereocenters. The number of non-ortho nitro benzene ring substituents is 1. The third-order valence-electron chi connectivity index (χ3n) is 2.64. The van der Waals surface area contributed by atoms with E-state index in [2.05, 4.69) is 10.1 Å². The van der Waals surface area contributed by atoms with Crippen LogP contribution in [0.2, 0.25) is 0 Å². The number of nitrogen functional groups attached to an aromatic ring is 1. The van der Waals surface area contributed by atoms with E-state index in [1.165, 1.54) is 0 Å². The number of hydrazine groups is 1. The average Bonchev–Trinajstić information content (AvgIpc) is 2.47. The Labute approximate surface area is 120 Å². The van der Waals surface area contributed by atoms with Crippen LogP contribution in [-0.4, -0.2) is 13.3 Å². The Morgan fingerprint density at radius 1 is 1.10 bits per heavy atom. The summed E-state index contributed by atoms with van der Waals surface area (Å²) in [5, 5.41) is 10.7. The maximum Gasteiger partial charge on any atom is 0.271 e. The molecule has 21 heavy (non-hydrogen) atoms. The molecular weight excluding hydrogens is 296 g/mol. The second-order valence-electron chi connectivity index (χ2n) is 4.05. The number of benzene rings is 2. The predicted octanol–water partition coefficient (Wildman–Crippen LogP) is 1.68. The average molecular weight is 308 g/mol. The Balaban J connectivity index is 2.42. The Bertz CT molecular complexity index is 762. The molecule has 0 saturated carbocycles. The van der Waals surface area contributed by atoms with Crippen LogP contribution in [0.1, 0.15) is 0 Å². The highest BCUT2D eigenvalue weighted by Crippen LogP contribution is 2.27. The van der Waals surface area contributed by atoms with E-state index in [-0.39, 0.29) is 16.3 Å². The van der Waals surface area contributed by atoms with E-state index >= 15 is 0 Å². The molecule has 0 unspecified atom stereocenters. The summed E-state index contributed by atoms with van der Waals surface area (Å²) in [7, 11) is -3.91. The molecular formula is C12H12N4O4S. The second kappa shape index (κ2) is 5.77. The van der Waals surface area contributed by atoms with Gasteiger partial charge in [-0.3, -0.25) is 20.7 Å². The highest BCUT2D eigenvalue weighted by atomic mass is 32.2. The van der Waals surface area contributed by atoms with Gasteiger partial charge in [0.2, 0.25) is 0 Å². The van der Waals surface area contributed by atoms with Crippen molar-refractivity contribution in [3.63, 3.8) is 0 Å². The van der Waals surface area contributed by atoms with E-state index in [0.717, 1.165) is 18.2 Å². The largest absolute Gasteiger partial charge is 0.323 e. The van der Waals surface area contributed by atoms with Crippen molar-refractivity contribution in [2.45, 2.75) is 4.90 Å². The molecule has 9 heteroatoms. The van der Waals surface area contributed by atoms with Gasteiger partial charge in [-0.25, -0.2) is 8.42 Å². The number of nitrogens with zero attached hydrogens (tertiary/aromatic N) is 1. The summed E-state index contributed by atoms with van der Waals surface area (Å²) in [6.07, 6.45) is 0. The number of nitrogens with one attached hydrogen (secondary N) is 2. The molecule has 0 saturated heterocycles. The fourth-order valence-electron chi connectivity index (χ4n) is 1.69. The van der Waals surface area contributed by atoms with Gasteiger partial charge in [-0.15, -0.1) is 0 Å². The maximum absolute atomic E-state index is 12.3. The number of nitro benzene ring substituents is 1. The summed E-state index contributed by atoms with van der Waals surface area (Å²) >= 11 is 0. The van der Waals surface area contributed by atoms with Gasteiger partial charge in [0, 0.05) is 17.8 Å². The number of hydrogen-bond acceptors (Lipinski definition) is 6. The van der Waals surface area contributed by atoms with Crippen molar-refractivity contribution in [1.82, 2.24) is 0 Å². The molecule has 0 spiro atoms. The van der Waals surface area contributed by atoms with Crippen molar-refractivity contribution >= 4 is 27.1 Å². The first-order valence-electron chi connectivity index (χ1n) is 5.77. The van der Waals surface area contributed by atoms with Crippen LogP contribution in [0, 0.1) is 10.1 Å². The topological polar surface area (TPSA) is 127 Å². The van der Waals surface area contributed by atoms with Crippen LogP contribution >= 0.6 is 0 Å². The summed E-state index contributed by atoms with van der Waals surface area (Å²) in [5.74, 6) is 5.24. The van der Waals surface area contributed by atoms with E-state index in [1.54, 1.807) is 30.3 Å². The van der Waals surface area contributed by atoms with Gasteiger partial charge in [-0.2, -0.15) is 0 Å². The SMILES string of the molecule is NNc1cc([N+](=O)[O-])ccc1S(=O)(=O)Nc1ccccc1. The van der Waals surface area contributed by atoms with Crippen molar-refractivity contribution in [2.24, 2.45) is 5.84 Å². The lowest BCUT2D eigenvalue weighted by Crippen LogP contribution is -2.17. The minimum absolute atomic E-state index is 0.0624. The molecule has 0 aliphatic rings. The van der Waals surface area contributed by atoms with Gasteiger partial charge in [0.15, 0.2) is 0 Å². The van der Waals surface area contributed by atoms with E-state index in [9.17, 15) is 18.5 Å². The van der Waals surface area contributed by atoms with Crippen LogP contribution in [0.5, 0.6) is 0 Å². The van der Waals surface area contributed by atoms with Crippen LogP contribution in [0.3, 0.4) is 0 Å². The Kier molecular flexibility index (Phi) is 4.05. The fraction of sp³-hybridized carbons (Fsp3) is 0. The summed E-state index contributed by atoms with van der Waals surface area (Å²) in [4.78, 5) is 9.87. The molecule has 0 aliphatic carbocycles. The Morgan fingerprint density at radius 3 is 2.33 bits per heavy atom. The smallest absolute Gasteiger partial charge is 0.271 e. The second-order valence-corrected chi connectivity index (χ2v) is 5.70. The van der Waals surface area contributed by atoms with Crippen molar-refractivity contribution < 1.29 is 13.3 Å². The van der Waals surface area contributed by atoms with Gasteiger partial charge in [-0.05, 0) is 18.2 Å². The van der Waals surface area contributed by atoms with Gasteiger partial charge in [0.05, 0.1) is 10.6 Å². The van der Waals surface area contributed by atoms with Crippen LogP contribution in [0.25, 0.3) is 0 Å². The molecule has 2 rings (SSSR count). The quantitative estimate of drug-likeness (QED) is 0.438. The highest BCUT2D eigenvalue weighted by molar-refractivity contribution is 7.92. The molecule has 0 radical (unpaired) electrons. The lowest BCUT2D eigenvalue weighted by Gasteiger charge is -2.11. The molecule has 0 aromatic heterocycles. The van der Waals surface area contributed by atoms with Crippen molar-refractivity contribution in [2.75, 3.05) is 10.1 Å². The number of nitrogens with two attached hydrogens (primary N) is 1. The predicted molar refractivity (Wildman–Crippen MR) is 78.2 cm³/mol. The van der Waals surface area contributed by atoms with Gasteiger partial charge in [0.1, 0.15) is 4.90 Å². The normalized spacial score (nSPS) is 10.9. The molecule has 0 bridgehead atoms. The first-order chi connectivity index (χ1) is 9.94. The van der Waals surface area contributed by atoms with Gasteiger partial charge in [0.25, 0.3) is 15.7 Å². The number of nitro groups is 1. The summed E-state index contributed by atoms with van der Waals surface area (Å²) in [6, 6.07) is 11.5. The zero-order valence-corrected chi connectivity index (χ0v) is 11.5. The first kappa shape index (κ1) is 14.8. The van der Waals surface area contributed by atoms with Gasteiger partial charge in [-0.1, -0.05) is 18.2 Å². The molecule has 0 heterocycles. The molecule has 0 amide bonds. The van der Waals surface area contributed by atoms with Crippen LogP contribution in [-0.2, 0) is 10.0 Å². The fourth-order valence-corrected chi connectivity index (χ4v) is 2.91. The van der Waals surface area contributed by atoms with E-state index in [1.807, 2.05) is 0 Å². The van der Waals surface area contributed by atoms with Crippen molar-refractivity contribution in [3.05, 3.63) is 58.6 Å². The molecule has 2 aromatic rings. The van der Waals surface area contributed by atoms with Gasteiger partial charge < -0.3 is 5.43 Å². The summed E-state index contributed by atoms with van der Waals surface area (Å²) in [5.41, 5.74) is 2.21. The minimum atomic E-state index is -3.91. The Hall–Kier alpha value is -2.65. The maximum atomic E-state index is 12.3. The first-order valence-corrected chi connectivity index (χ1v) is 7.25. The monoisotopic (exact) mass is 308 g/mol. The van der Waals surface area contributed by atoms with Crippen molar-refractivity contribution in [3.8, 4) is 0 Å². The van der Waals surface area contributed by atoms with Crippen LogP contribution in [0.15, 0.2) is 53.4 Å². The van der Waals surface area contributed by atoms with E-state index in [0.29, 0.717) is 5.69 Å². The van der Waals surface area contributed by atoms with E-state index < -0.39 is 14.9 Å². The Morgan fingerprint density at radius 2 is 1.76 bits per heavy atom. The van der Waals surface area contributed by atoms with Crippen LogP contribution < -0.4 is 16.0 Å². The van der Waals surface area contributed by atoms with Crippen molar-refractivity contribution in [1.29, 1.82) is 0 Å². The lowest BCUT2D eigenvalue weighted by atomic mass is 10.3. The molecule has 4 N–H and O–H groups in total. The number of hydrogen-bond donors (Lipinski definition) is 3. The molecule has 0 aliphatic heterocycles. The molecule has 0 fully saturated rings. The van der Waals surface area contributed by atoms with E-state index in [4.69, 9.17) is 5.84 Å². The highest BCUT2D eigenvalue weighted by Gasteiger charge is 2.21. The third-order valence-corrected chi connectivity index (χ3v) is 4.08. The zero-order chi connectivity index (χ0) is 15.5. The van der Waals surface area contributed by atoms with Crippen LogP contribution in [0.4, 0.5) is 17.1 Å². The molecule has 110 valence electrons. The zero-order valence-electron chi connectivity index (χ0n) is 10.7. The lowest BCUT2D eigenvalue weighted by molar-refractivity contribution is -0.384. The van der Waals surface area contributed by atoms with Gasteiger partial charge >= 0.3 is 0 Å². The number of rotatable bonds is 5. The minimum Gasteiger partial charge on any atom is -0.323 e. The third kappa shape index (κ3) is 3.27.